The maximum Gasteiger partial charge on any atom is 0.200 e. The summed E-state index contributed by atoms with van der Waals surface area (Å²) in [5, 5.41) is 0. The third-order valence-electron chi connectivity index (χ3n) is 9.03. The number of aryl methyl sites for hydroxylation is 1. The zero-order valence-electron chi connectivity index (χ0n) is 23.0. The molecule has 2 aromatic carbocycles. The summed E-state index contributed by atoms with van der Waals surface area (Å²) in [5.74, 6) is 0.702. The summed E-state index contributed by atoms with van der Waals surface area (Å²) in [5.41, 5.74) is 3.55. The van der Waals surface area contributed by atoms with Gasteiger partial charge in [-0.05, 0) is 123 Å². The van der Waals surface area contributed by atoms with Crippen molar-refractivity contribution in [2.45, 2.75) is 109 Å². The van der Waals surface area contributed by atoms with Gasteiger partial charge in [0, 0.05) is 0 Å². The molecule has 2 aliphatic carbocycles. The summed E-state index contributed by atoms with van der Waals surface area (Å²) in [6.07, 6.45) is 21.7. The molecule has 0 amide bonds. The predicted molar refractivity (Wildman–Crippen MR) is 150 cm³/mol. The summed E-state index contributed by atoms with van der Waals surface area (Å²) in [6.45, 7) is 2.26. The van der Waals surface area contributed by atoms with Gasteiger partial charge in [0.05, 0.1) is 7.11 Å². The molecule has 0 bridgehead atoms. The fourth-order valence-electron chi connectivity index (χ4n) is 6.58. The van der Waals surface area contributed by atoms with Crippen molar-refractivity contribution in [3.63, 3.8) is 0 Å². The van der Waals surface area contributed by atoms with Crippen LogP contribution in [-0.2, 0) is 6.42 Å². The van der Waals surface area contributed by atoms with Crippen molar-refractivity contribution in [3.8, 4) is 5.75 Å². The number of benzene rings is 2. The smallest absolute Gasteiger partial charge is 0.200 e. The Bertz CT molecular complexity index is 980. The van der Waals surface area contributed by atoms with Gasteiger partial charge < -0.3 is 4.74 Å². The molecule has 0 saturated heterocycles. The highest BCUT2D eigenvalue weighted by Crippen LogP contribution is 2.40. The summed E-state index contributed by atoms with van der Waals surface area (Å²) in [6, 6.07) is 12.8. The normalized spacial score (nSPS) is 24.4. The van der Waals surface area contributed by atoms with E-state index in [0.717, 1.165) is 43.9 Å². The van der Waals surface area contributed by atoms with E-state index in [2.05, 4.69) is 43.3 Å². The van der Waals surface area contributed by atoms with Crippen molar-refractivity contribution in [3.05, 3.63) is 76.9 Å². The average molecular weight is 509 g/mol. The predicted octanol–water partition coefficient (Wildman–Crippen LogP) is 10.3. The Morgan fingerprint density at radius 1 is 0.811 bits per heavy atom. The standard InChI is InChI=1S/C34H46F2O/c1-3-4-5-8-25-11-17-28(18-12-25)29-19-13-26(14-20-29)9-6-7-10-27-15-21-30(22-16-27)31-23-24-32(37-2)34(36)33(31)35/h6,9,11-12,17-18,23-24,26-27,29-30H,3-5,7-8,10,13-16,19-22H2,1-2H3/b9-6+. The summed E-state index contributed by atoms with van der Waals surface area (Å²) in [7, 11) is 1.37. The van der Waals surface area contributed by atoms with Crippen LogP contribution in [0.25, 0.3) is 0 Å². The highest BCUT2D eigenvalue weighted by atomic mass is 19.2. The molecule has 2 aromatic rings. The molecule has 202 valence electrons. The zero-order chi connectivity index (χ0) is 26.0. The molecule has 0 atom stereocenters. The first-order valence-corrected chi connectivity index (χ1v) is 14.9. The number of unbranched alkanes of at least 4 members (excludes halogenated alkanes) is 2. The SMILES string of the molecule is CCCCCc1ccc(C2CCC(/C=C/CCC3CCC(c4ccc(OC)c(F)c4F)CC3)CC2)cc1. The lowest BCUT2D eigenvalue weighted by atomic mass is 9.76. The van der Waals surface area contributed by atoms with Crippen LogP contribution in [0.3, 0.4) is 0 Å². The second-order valence-electron chi connectivity index (χ2n) is 11.5. The molecule has 3 heteroatoms. The van der Waals surface area contributed by atoms with Gasteiger partial charge in [-0.25, -0.2) is 4.39 Å². The third-order valence-corrected chi connectivity index (χ3v) is 9.03. The molecule has 0 spiro atoms. The molecule has 0 aromatic heterocycles. The Kier molecular flexibility index (Phi) is 10.6. The molecule has 2 aliphatic rings. The second kappa shape index (κ2) is 14.1. The Hall–Kier alpha value is -2.16. The maximum atomic E-state index is 14.5. The van der Waals surface area contributed by atoms with Gasteiger partial charge >= 0.3 is 0 Å². The lowest BCUT2D eigenvalue weighted by Gasteiger charge is -2.29. The molecule has 0 N–H and O–H groups in total. The molecule has 4 rings (SSSR count). The van der Waals surface area contributed by atoms with E-state index in [-0.39, 0.29) is 11.7 Å². The number of hydrogen-bond donors (Lipinski definition) is 0. The number of hydrogen-bond acceptors (Lipinski definition) is 1. The summed E-state index contributed by atoms with van der Waals surface area (Å²) in [4.78, 5) is 0. The van der Waals surface area contributed by atoms with Gasteiger partial charge in [0.1, 0.15) is 0 Å². The topological polar surface area (TPSA) is 9.23 Å². The van der Waals surface area contributed by atoms with Crippen molar-refractivity contribution in [1.29, 1.82) is 0 Å². The lowest BCUT2D eigenvalue weighted by molar-refractivity contribution is 0.304. The average Bonchev–Trinajstić information content (AvgIpc) is 2.94. The van der Waals surface area contributed by atoms with E-state index in [4.69, 9.17) is 4.74 Å². The lowest BCUT2D eigenvalue weighted by Crippen LogP contribution is -2.15. The van der Waals surface area contributed by atoms with Crippen LogP contribution in [0, 0.1) is 23.5 Å². The molecule has 1 nitrogen and oxygen atoms in total. The Morgan fingerprint density at radius 3 is 2.19 bits per heavy atom. The van der Waals surface area contributed by atoms with Crippen molar-refractivity contribution >= 4 is 0 Å². The fourth-order valence-corrected chi connectivity index (χ4v) is 6.58. The molecule has 0 radical (unpaired) electrons. The number of rotatable bonds is 11. The van der Waals surface area contributed by atoms with Crippen LogP contribution in [0.2, 0.25) is 0 Å². The molecule has 0 aliphatic heterocycles. The van der Waals surface area contributed by atoms with Crippen LogP contribution in [0.15, 0.2) is 48.6 Å². The Balaban J connectivity index is 1.14. The summed E-state index contributed by atoms with van der Waals surface area (Å²) >= 11 is 0. The number of ether oxygens (including phenoxy) is 1. The molecule has 37 heavy (non-hydrogen) atoms. The number of methoxy groups -OCH3 is 1. The van der Waals surface area contributed by atoms with E-state index in [1.807, 2.05) is 0 Å². The van der Waals surface area contributed by atoms with E-state index in [0.29, 0.717) is 11.5 Å². The summed E-state index contributed by atoms with van der Waals surface area (Å²) < 4.78 is 33.5. The van der Waals surface area contributed by atoms with Crippen molar-refractivity contribution in [2.24, 2.45) is 11.8 Å². The molecular formula is C34H46F2O. The quantitative estimate of drug-likeness (QED) is 0.217. The fraction of sp³-hybridized carbons (Fsp3) is 0.588. The van der Waals surface area contributed by atoms with Gasteiger partial charge in [-0.2, -0.15) is 4.39 Å². The highest BCUT2D eigenvalue weighted by molar-refractivity contribution is 5.33. The highest BCUT2D eigenvalue weighted by Gasteiger charge is 2.26. The van der Waals surface area contributed by atoms with Crippen LogP contribution >= 0.6 is 0 Å². The Morgan fingerprint density at radius 2 is 1.51 bits per heavy atom. The monoisotopic (exact) mass is 508 g/mol. The van der Waals surface area contributed by atoms with Crippen LogP contribution in [0.5, 0.6) is 5.75 Å². The van der Waals surface area contributed by atoms with Gasteiger partial charge in [-0.3, -0.25) is 0 Å². The van der Waals surface area contributed by atoms with Crippen molar-refractivity contribution < 1.29 is 13.5 Å². The van der Waals surface area contributed by atoms with E-state index >= 15 is 0 Å². The van der Waals surface area contributed by atoms with Crippen LogP contribution in [0.1, 0.15) is 119 Å². The first-order chi connectivity index (χ1) is 18.1. The van der Waals surface area contributed by atoms with Crippen LogP contribution in [-0.4, -0.2) is 7.11 Å². The van der Waals surface area contributed by atoms with E-state index in [9.17, 15) is 8.78 Å². The van der Waals surface area contributed by atoms with Gasteiger partial charge in [0.2, 0.25) is 5.82 Å². The minimum absolute atomic E-state index is 0.0120. The van der Waals surface area contributed by atoms with Crippen LogP contribution in [0.4, 0.5) is 8.78 Å². The van der Waals surface area contributed by atoms with E-state index in [1.54, 1.807) is 12.1 Å². The Labute approximate surface area is 223 Å². The minimum Gasteiger partial charge on any atom is -0.494 e. The minimum atomic E-state index is -0.850. The van der Waals surface area contributed by atoms with Crippen molar-refractivity contribution in [2.75, 3.05) is 7.11 Å². The van der Waals surface area contributed by atoms with Crippen LogP contribution < -0.4 is 4.74 Å². The van der Waals surface area contributed by atoms with Gasteiger partial charge in [0.15, 0.2) is 11.6 Å². The number of halogens is 2. The third kappa shape index (κ3) is 7.68. The van der Waals surface area contributed by atoms with Crippen molar-refractivity contribution in [1.82, 2.24) is 0 Å². The van der Waals surface area contributed by atoms with Gasteiger partial charge in [-0.1, -0.05) is 62.2 Å². The zero-order valence-corrected chi connectivity index (χ0v) is 23.0. The second-order valence-corrected chi connectivity index (χ2v) is 11.5. The molecular weight excluding hydrogens is 462 g/mol. The molecule has 0 heterocycles. The maximum absolute atomic E-state index is 14.5. The van der Waals surface area contributed by atoms with Gasteiger partial charge in [-0.15, -0.1) is 0 Å². The largest absolute Gasteiger partial charge is 0.494 e. The molecule has 2 saturated carbocycles. The first-order valence-electron chi connectivity index (χ1n) is 14.9. The van der Waals surface area contributed by atoms with Gasteiger partial charge in [0.25, 0.3) is 0 Å². The molecule has 0 unspecified atom stereocenters. The van der Waals surface area contributed by atoms with E-state index in [1.165, 1.54) is 76.0 Å². The first kappa shape index (κ1) is 27.9. The molecule has 2 fully saturated rings. The van der Waals surface area contributed by atoms with E-state index < -0.39 is 11.6 Å². The number of allylic oxidation sites excluding steroid dienone is 2.